The number of hydrogen-bond donors (Lipinski definition) is 0. The van der Waals surface area contributed by atoms with E-state index in [2.05, 4.69) is 32.6 Å². The van der Waals surface area contributed by atoms with Gasteiger partial charge in [-0.3, -0.25) is 4.90 Å². The van der Waals surface area contributed by atoms with Crippen LogP contribution in [0, 0.1) is 5.92 Å². The second-order valence-corrected chi connectivity index (χ2v) is 6.25. The molecule has 0 aromatic heterocycles. The van der Waals surface area contributed by atoms with E-state index >= 15 is 0 Å². The van der Waals surface area contributed by atoms with Crippen LogP contribution in [-0.2, 0) is 0 Å². The Morgan fingerprint density at radius 3 is 2.13 bits per heavy atom. The van der Waals surface area contributed by atoms with E-state index in [1.54, 1.807) is 0 Å². The van der Waals surface area contributed by atoms with Gasteiger partial charge in [-0.25, -0.2) is 0 Å². The van der Waals surface area contributed by atoms with E-state index in [1.165, 1.54) is 51.6 Å². The Balaban J connectivity index is 2.44. The smallest absolute Gasteiger partial charge is 0.0125 e. The third-order valence-corrected chi connectivity index (χ3v) is 3.70. The van der Waals surface area contributed by atoms with Crippen molar-refractivity contribution in [3.05, 3.63) is 0 Å². The van der Waals surface area contributed by atoms with E-state index in [0.717, 1.165) is 5.92 Å². The molecule has 1 heterocycles. The van der Waals surface area contributed by atoms with Gasteiger partial charge in [0, 0.05) is 5.54 Å². The minimum Gasteiger partial charge on any atom is -0.298 e. The van der Waals surface area contributed by atoms with Crippen molar-refractivity contribution >= 4 is 0 Å². The Morgan fingerprint density at radius 2 is 1.47 bits per heavy atom. The molecule has 0 radical (unpaired) electrons. The fourth-order valence-corrected chi connectivity index (χ4v) is 2.53. The highest BCUT2D eigenvalue weighted by molar-refractivity contribution is 4.77. The Bertz CT molecular complexity index is 169. The third-order valence-electron chi connectivity index (χ3n) is 3.70. The summed E-state index contributed by atoms with van der Waals surface area (Å²) in [5.41, 5.74) is 0.364. The summed E-state index contributed by atoms with van der Waals surface area (Å²) in [6.07, 6.45) is 8.53. The van der Waals surface area contributed by atoms with Crippen LogP contribution in [0.25, 0.3) is 0 Å². The van der Waals surface area contributed by atoms with Gasteiger partial charge in [-0.2, -0.15) is 0 Å². The SMILES string of the molecule is CC1CCCCCN(C(C)(C)C)CCC1. The van der Waals surface area contributed by atoms with Crippen LogP contribution in [0.2, 0.25) is 0 Å². The number of nitrogens with zero attached hydrogens (tertiary/aromatic N) is 1. The fourth-order valence-electron chi connectivity index (χ4n) is 2.53. The Labute approximate surface area is 96.2 Å². The van der Waals surface area contributed by atoms with E-state index in [9.17, 15) is 0 Å². The molecule has 1 aliphatic heterocycles. The molecule has 0 N–H and O–H groups in total. The Hall–Kier alpha value is -0.0400. The molecule has 15 heavy (non-hydrogen) atoms. The van der Waals surface area contributed by atoms with E-state index in [0.29, 0.717) is 5.54 Å². The maximum atomic E-state index is 2.67. The van der Waals surface area contributed by atoms with Crippen molar-refractivity contribution in [1.29, 1.82) is 0 Å². The second-order valence-electron chi connectivity index (χ2n) is 6.25. The molecule has 0 bridgehead atoms. The quantitative estimate of drug-likeness (QED) is 0.583. The normalized spacial score (nSPS) is 27.6. The zero-order valence-electron chi connectivity index (χ0n) is 11.2. The fraction of sp³-hybridized carbons (Fsp3) is 1.00. The lowest BCUT2D eigenvalue weighted by atomic mass is 9.95. The summed E-state index contributed by atoms with van der Waals surface area (Å²) in [5.74, 6) is 0.949. The lowest BCUT2D eigenvalue weighted by Crippen LogP contribution is -2.42. The summed E-state index contributed by atoms with van der Waals surface area (Å²) in [6.45, 7) is 12.1. The average Bonchev–Trinajstić information content (AvgIpc) is 2.13. The van der Waals surface area contributed by atoms with Crippen LogP contribution in [0.3, 0.4) is 0 Å². The van der Waals surface area contributed by atoms with E-state index in [1.807, 2.05) is 0 Å². The molecule has 0 spiro atoms. The van der Waals surface area contributed by atoms with Crippen molar-refractivity contribution in [3.8, 4) is 0 Å². The molecule has 0 aromatic rings. The monoisotopic (exact) mass is 211 g/mol. The van der Waals surface area contributed by atoms with Crippen molar-refractivity contribution in [2.24, 2.45) is 5.92 Å². The minimum absolute atomic E-state index is 0.364. The van der Waals surface area contributed by atoms with Crippen LogP contribution >= 0.6 is 0 Å². The van der Waals surface area contributed by atoms with Gasteiger partial charge in [0.15, 0.2) is 0 Å². The summed E-state index contributed by atoms with van der Waals surface area (Å²) >= 11 is 0. The molecule has 1 saturated heterocycles. The van der Waals surface area contributed by atoms with Gasteiger partial charge in [0.2, 0.25) is 0 Å². The molecule has 1 heteroatoms. The zero-order chi connectivity index (χ0) is 11.3. The van der Waals surface area contributed by atoms with Gasteiger partial charge < -0.3 is 0 Å². The highest BCUT2D eigenvalue weighted by Crippen LogP contribution is 2.21. The lowest BCUT2D eigenvalue weighted by Gasteiger charge is -2.36. The van der Waals surface area contributed by atoms with E-state index in [-0.39, 0.29) is 0 Å². The first-order valence-corrected chi connectivity index (χ1v) is 6.75. The van der Waals surface area contributed by atoms with Crippen molar-refractivity contribution in [3.63, 3.8) is 0 Å². The van der Waals surface area contributed by atoms with E-state index in [4.69, 9.17) is 0 Å². The van der Waals surface area contributed by atoms with Gasteiger partial charge in [-0.05, 0) is 59.0 Å². The van der Waals surface area contributed by atoms with Crippen LogP contribution in [0.5, 0.6) is 0 Å². The van der Waals surface area contributed by atoms with Crippen molar-refractivity contribution in [1.82, 2.24) is 4.90 Å². The molecule has 1 aliphatic rings. The Morgan fingerprint density at radius 1 is 0.867 bits per heavy atom. The highest BCUT2D eigenvalue weighted by Gasteiger charge is 2.20. The standard InChI is InChI=1S/C14H29N/c1-13-9-6-5-7-11-15(12-8-10-13)14(2,3)4/h13H,5-12H2,1-4H3. The first-order valence-electron chi connectivity index (χ1n) is 6.75. The maximum Gasteiger partial charge on any atom is 0.0125 e. The van der Waals surface area contributed by atoms with Crippen LogP contribution in [0.1, 0.15) is 66.2 Å². The van der Waals surface area contributed by atoms with Gasteiger partial charge in [0.05, 0.1) is 0 Å². The Kier molecular flexibility index (Phi) is 5.11. The third kappa shape index (κ3) is 5.01. The predicted molar refractivity (Wildman–Crippen MR) is 68.2 cm³/mol. The average molecular weight is 211 g/mol. The van der Waals surface area contributed by atoms with Gasteiger partial charge >= 0.3 is 0 Å². The molecule has 1 nitrogen and oxygen atoms in total. The predicted octanol–water partition coefficient (Wildman–Crippen LogP) is 4.08. The van der Waals surface area contributed by atoms with E-state index < -0.39 is 0 Å². The first kappa shape index (κ1) is 13.0. The van der Waals surface area contributed by atoms with Gasteiger partial charge in [0.1, 0.15) is 0 Å². The van der Waals surface area contributed by atoms with Crippen molar-refractivity contribution < 1.29 is 0 Å². The molecule has 0 amide bonds. The van der Waals surface area contributed by atoms with Gasteiger partial charge in [-0.15, -0.1) is 0 Å². The minimum atomic E-state index is 0.364. The highest BCUT2D eigenvalue weighted by atomic mass is 15.2. The summed E-state index contributed by atoms with van der Waals surface area (Å²) < 4.78 is 0. The van der Waals surface area contributed by atoms with Crippen molar-refractivity contribution in [2.45, 2.75) is 71.8 Å². The molecule has 1 fully saturated rings. The molecule has 1 unspecified atom stereocenters. The number of rotatable bonds is 0. The van der Waals surface area contributed by atoms with Crippen molar-refractivity contribution in [2.75, 3.05) is 13.1 Å². The second kappa shape index (κ2) is 5.89. The van der Waals surface area contributed by atoms with Crippen LogP contribution in [0.4, 0.5) is 0 Å². The zero-order valence-corrected chi connectivity index (χ0v) is 11.2. The van der Waals surface area contributed by atoms with Crippen LogP contribution in [0.15, 0.2) is 0 Å². The van der Waals surface area contributed by atoms with Gasteiger partial charge in [-0.1, -0.05) is 26.2 Å². The molecule has 0 aliphatic carbocycles. The molecular formula is C14H29N. The van der Waals surface area contributed by atoms with Crippen LogP contribution in [-0.4, -0.2) is 23.5 Å². The molecule has 0 aromatic carbocycles. The topological polar surface area (TPSA) is 3.24 Å². The maximum absolute atomic E-state index is 2.67. The summed E-state index contributed by atoms with van der Waals surface area (Å²) in [4.78, 5) is 2.67. The number of hydrogen-bond acceptors (Lipinski definition) is 1. The first-order chi connectivity index (χ1) is 7.00. The summed E-state index contributed by atoms with van der Waals surface area (Å²) in [5, 5.41) is 0. The summed E-state index contributed by atoms with van der Waals surface area (Å²) in [7, 11) is 0. The molecule has 1 rings (SSSR count). The molecular weight excluding hydrogens is 182 g/mol. The van der Waals surface area contributed by atoms with Crippen LogP contribution < -0.4 is 0 Å². The van der Waals surface area contributed by atoms with Gasteiger partial charge in [0.25, 0.3) is 0 Å². The molecule has 1 atom stereocenters. The summed E-state index contributed by atoms with van der Waals surface area (Å²) in [6, 6.07) is 0. The lowest BCUT2D eigenvalue weighted by molar-refractivity contribution is 0.125. The molecule has 0 saturated carbocycles. The largest absolute Gasteiger partial charge is 0.298 e. The molecule has 90 valence electrons.